The SMILES string of the molecule is CC(C)CN1CCN(c2ccc(CCl)cc2)CC1. The molecule has 2 rings (SSSR count). The Kier molecular flexibility index (Phi) is 4.90. The van der Waals surface area contributed by atoms with Gasteiger partial charge in [0.05, 0.1) is 0 Å². The first-order chi connectivity index (χ1) is 8.69. The molecule has 0 radical (unpaired) electrons. The van der Waals surface area contributed by atoms with Gasteiger partial charge >= 0.3 is 0 Å². The average Bonchev–Trinajstić information content (AvgIpc) is 2.39. The van der Waals surface area contributed by atoms with Gasteiger partial charge in [-0.3, -0.25) is 4.90 Å². The van der Waals surface area contributed by atoms with Crippen molar-refractivity contribution < 1.29 is 0 Å². The minimum atomic E-state index is 0.600. The average molecular weight is 267 g/mol. The summed E-state index contributed by atoms with van der Waals surface area (Å²) >= 11 is 5.81. The van der Waals surface area contributed by atoms with E-state index < -0.39 is 0 Å². The van der Waals surface area contributed by atoms with Crippen LogP contribution in [0.15, 0.2) is 24.3 Å². The number of halogens is 1. The van der Waals surface area contributed by atoms with Crippen LogP contribution in [0.1, 0.15) is 19.4 Å². The summed E-state index contributed by atoms with van der Waals surface area (Å²) in [6.45, 7) is 10.4. The summed E-state index contributed by atoms with van der Waals surface area (Å²) in [5.41, 5.74) is 2.52. The zero-order chi connectivity index (χ0) is 13.0. The highest BCUT2D eigenvalue weighted by Crippen LogP contribution is 2.18. The maximum Gasteiger partial charge on any atom is 0.0474 e. The smallest absolute Gasteiger partial charge is 0.0474 e. The third-order valence-corrected chi connectivity index (χ3v) is 3.76. The van der Waals surface area contributed by atoms with Crippen LogP contribution in [-0.2, 0) is 5.88 Å². The van der Waals surface area contributed by atoms with Gasteiger partial charge in [-0.25, -0.2) is 0 Å². The quantitative estimate of drug-likeness (QED) is 0.773. The third kappa shape index (κ3) is 3.63. The maximum atomic E-state index is 5.81. The molecule has 0 atom stereocenters. The van der Waals surface area contributed by atoms with Gasteiger partial charge in [0, 0.05) is 44.3 Å². The van der Waals surface area contributed by atoms with E-state index in [1.165, 1.54) is 30.9 Å². The van der Waals surface area contributed by atoms with Gasteiger partial charge in [-0.1, -0.05) is 26.0 Å². The van der Waals surface area contributed by atoms with Gasteiger partial charge < -0.3 is 4.90 Å². The molecule has 1 aromatic rings. The molecule has 18 heavy (non-hydrogen) atoms. The van der Waals surface area contributed by atoms with Crippen LogP contribution < -0.4 is 4.90 Å². The number of rotatable bonds is 4. The van der Waals surface area contributed by atoms with E-state index in [1.54, 1.807) is 0 Å². The van der Waals surface area contributed by atoms with Crippen LogP contribution >= 0.6 is 11.6 Å². The van der Waals surface area contributed by atoms with Gasteiger partial charge in [-0.2, -0.15) is 0 Å². The fraction of sp³-hybridized carbons (Fsp3) is 0.600. The van der Waals surface area contributed by atoms with E-state index in [1.807, 2.05) is 0 Å². The summed E-state index contributed by atoms with van der Waals surface area (Å²) in [7, 11) is 0. The van der Waals surface area contributed by atoms with E-state index in [2.05, 4.69) is 47.9 Å². The van der Waals surface area contributed by atoms with Crippen molar-refractivity contribution in [2.24, 2.45) is 5.92 Å². The number of alkyl halides is 1. The van der Waals surface area contributed by atoms with Crippen LogP contribution in [0.5, 0.6) is 0 Å². The number of benzene rings is 1. The van der Waals surface area contributed by atoms with Crippen LogP contribution in [0.4, 0.5) is 5.69 Å². The van der Waals surface area contributed by atoms with E-state index in [0.29, 0.717) is 5.88 Å². The monoisotopic (exact) mass is 266 g/mol. The highest BCUT2D eigenvalue weighted by Gasteiger charge is 2.17. The van der Waals surface area contributed by atoms with E-state index in [-0.39, 0.29) is 0 Å². The minimum absolute atomic E-state index is 0.600. The lowest BCUT2D eigenvalue weighted by Crippen LogP contribution is -2.47. The van der Waals surface area contributed by atoms with Crippen LogP contribution in [0.3, 0.4) is 0 Å². The molecule has 0 bridgehead atoms. The molecule has 2 nitrogen and oxygen atoms in total. The first kappa shape index (κ1) is 13.7. The van der Waals surface area contributed by atoms with E-state index in [0.717, 1.165) is 19.0 Å². The Morgan fingerprint density at radius 2 is 1.67 bits per heavy atom. The molecule has 0 aromatic heterocycles. The minimum Gasteiger partial charge on any atom is -0.369 e. The van der Waals surface area contributed by atoms with Crippen molar-refractivity contribution in [1.29, 1.82) is 0 Å². The Hall–Kier alpha value is -0.730. The molecule has 0 unspecified atom stereocenters. The third-order valence-electron chi connectivity index (χ3n) is 3.45. The topological polar surface area (TPSA) is 6.48 Å². The summed E-state index contributed by atoms with van der Waals surface area (Å²) in [5, 5.41) is 0. The largest absolute Gasteiger partial charge is 0.369 e. The van der Waals surface area contributed by atoms with E-state index >= 15 is 0 Å². The van der Waals surface area contributed by atoms with Crippen molar-refractivity contribution in [3.05, 3.63) is 29.8 Å². The van der Waals surface area contributed by atoms with Crippen molar-refractivity contribution in [3.63, 3.8) is 0 Å². The van der Waals surface area contributed by atoms with Crippen molar-refractivity contribution in [1.82, 2.24) is 4.90 Å². The number of anilines is 1. The van der Waals surface area contributed by atoms with Crippen LogP contribution in [0.25, 0.3) is 0 Å². The Balaban J connectivity index is 1.88. The van der Waals surface area contributed by atoms with Crippen molar-refractivity contribution >= 4 is 17.3 Å². The fourth-order valence-electron chi connectivity index (χ4n) is 2.50. The Morgan fingerprint density at radius 3 is 2.17 bits per heavy atom. The van der Waals surface area contributed by atoms with E-state index in [4.69, 9.17) is 11.6 Å². The summed E-state index contributed by atoms with van der Waals surface area (Å²) in [5.74, 6) is 1.36. The van der Waals surface area contributed by atoms with Gasteiger partial charge in [-0.05, 0) is 23.6 Å². The first-order valence-electron chi connectivity index (χ1n) is 6.81. The van der Waals surface area contributed by atoms with Gasteiger partial charge in [0.2, 0.25) is 0 Å². The number of hydrogen-bond acceptors (Lipinski definition) is 2. The standard InChI is InChI=1S/C15H23ClN2/c1-13(2)12-17-7-9-18(10-8-17)15-5-3-14(11-16)4-6-15/h3-6,13H,7-12H2,1-2H3. The second-order valence-corrected chi connectivity index (χ2v) is 5.75. The van der Waals surface area contributed by atoms with Crippen LogP contribution in [-0.4, -0.2) is 37.6 Å². The molecule has 1 aromatic carbocycles. The van der Waals surface area contributed by atoms with Crippen LogP contribution in [0.2, 0.25) is 0 Å². The Bertz CT molecular complexity index is 353. The van der Waals surface area contributed by atoms with Crippen LogP contribution in [0, 0.1) is 5.92 Å². The Labute approximate surface area is 116 Å². The molecule has 0 saturated carbocycles. The van der Waals surface area contributed by atoms with Crippen molar-refractivity contribution in [3.8, 4) is 0 Å². The molecular weight excluding hydrogens is 244 g/mol. The summed E-state index contributed by atoms with van der Waals surface area (Å²) in [6.07, 6.45) is 0. The second-order valence-electron chi connectivity index (χ2n) is 5.48. The van der Waals surface area contributed by atoms with Gasteiger partial charge in [-0.15, -0.1) is 11.6 Å². The molecule has 1 aliphatic rings. The zero-order valence-electron chi connectivity index (χ0n) is 11.4. The molecule has 1 saturated heterocycles. The lowest BCUT2D eigenvalue weighted by Gasteiger charge is -2.36. The number of hydrogen-bond donors (Lipinski definition) is 0. The summed E-state index contributed by atoms with van der Waals surface area (Å²) in [4.78, 5) is 5.03. The van der Waals surface area contributed by atoms with Gasteiger partial charge in [0.25, 0.3) is 0 Å². The lowest BCUT2D eigenvalue weighted by atomic mass is 10.1. The molecule has 0 aliphatic carbocycles. The molecule has 0 spiro atoms. The zero-order valence-corrected chi connectivity index (χ0v) is 12.2. The first-order valence-corrected chi connectivity index (χ1v) is 7.34. The normalized spacial score (nSPS) is 17.4. The predicted octanol–water partition coefficient (Wildman–Crippen LogP) is 3.20. The predicted molar refractivity (Wildman–Crippen MR) is 79.5 cm³/mol. The highest BCUT2D eigenvalue weighted by atomic mass is 35.5. The lowest BCUT2D eigenvalue weighted by molar-refractivity contribution is 0.231. The number of nitrogens with zero attached hydrogens (tertiary/aromatic N) is 2. The Morgan fingerprint density at radius 1 is 1.06 bits per heavy atom. The number of piperazine rings is 1. The highest BCUT2D eigenvalue weighted by molar-refractivity contribution is 6.17. The molecule has 1 heterocycles. The maximum absolute atomic E-state index is 5.81. The fourth-order valence-corrected chi connectivity index (χ4v) is 2.68. The molecular formula is C15H23ClN2. The van der Waals surface area contributed by atoms with E-state index in [9.17, 15) is 0 Å². The van der Waals surface area contributed by atoms with Crippen molar-refractivity contribution in [2.45, 2.75) is 19.7 Å². The van der Waals surface area contributed by atoms with Gasteiger partial charge in [0.1, 0.15) is 0 Å². The molecule has 0 amide bonds. The van der Waals surface area contributed by atoms with Gasteiger partial charge in [0.15, 0.2) is 0 Å². The summed E-state index contributed by atoms with van der Waals surface area (Å²) in [6, 6.07) is 8.64. The molecule has 0 N–H and O–H groups in total. The van der Waals surface area contributed by atoms with Crippen molar-refractivity contribution in [2.75, 3.05) is 37.6 Å². The molecule has 3 heteroatoms. The molecule has 1 fully saturated rings. The second kappa shape index (κ2) is 6.44. The molecule has 100 valence electrons. The molecule has 1 aliphatic heterocycles. The summed E-state index contributed by atoms with van der Waals surface area (Å²) < 4.78 is 0.